The number of carbonyl (C=O) groups is 1. The molecule has 44 heavy (non-hydrogen) atoms. The van der Waals surface area contributed by atoms with Gasteiger partial charge in [0.1, 0.15) is 29.1 Å². The van der Waals surface area contributed by atoms with E-state index in [0.717, 1.165) is 29.0 Å². The van der Waals surface area contributed by atoms with E-state index in [0.29, 0.717) is 50.1 Å². The van der Waals surface area contributed by atoms with Crippen molar-refractivity contribution in [2.75, 3.05) is 53.2 Å². The van der Waals surface area contributed by atoms with Gasteiger partial charge in [-0.25, -0.2) is 9.78 Å². The number of likely N-dealkylation sites (tertiary alicyclic amines) is 1. The quantitative estimate of drug-likeness (QED) is 0.167. The Kier molecular flexibility index (Phi) is 12.9. The molecule has 1 aliphatic rings. The van der Waals surface area contributed by atoms with Gasteiger partial charge in [0.25, 0.3) is 0 Å². The number of rotatable bonds is 16. The number of methoxy groups -OCH3 is 1. The van der Waals surface area contributed by atoms with Crippen LogP contribution in [-0.4, -0.2) is 90.5 Å². The lowest BCUT2D eigenvalue weighted by Gasteiger charge is -2.37. The highest BCUT2D eigenvalue weighted by Gasteiger charge is 2.33. The molecule has 0 spiro atoms. The largest absolute Gasteiger partial charge is 0.496 e. The Morgan fingerprint density at radius 3 is 2.59 bits per heavy atom. The van der Waals surface area contributed by atoms with Crippen molar-refractivity contribution in [3.63, 3.8) is 0 Å². The highest BCUT2D eigenvalue weighted by Crippen LogP contribution is 2.32. The first-order chi connectivity index (χ1) is 21.4. The number of piperidine rings is 1. The normalized spacial score (nSPS) is 16.5. The summed E-state index contributed by atoms with van der Waals surface area (Å²) >= 11 is 6.22. The highest BCUT2D eigenvalue weighted by molar-refractivity contribution is 6.30. The Morgan fingerprint density at radius 2 is 1.84 bits per heavy atom. The number of halogens is 1. The van der Waals surface area contributed by atoms with Gasteiger partial charge in [-0.05, 0) is 37.1 Å². The number of benzene rings is 2. The molecule has 1 fully saturated rings. The summed E-state index contributed by atoms with van der Waals surface area (Å²) in [6, 6.07) is 15.7. The summed E-state index contributed by atoms with van der Waals surface area (Å²) in [4.78, 5) is 21.5. The van der Waals surface area contributed by atoms with Crippen LogP contribution >= 0.6 is 11.6 Å². The molecular formula is C32H40ClN3O8. The minimum atomic E-state index is -0.969. The second-order valence-electron chi connectivity index (χ2n) is 10.3. The van der Waals surface area contributed by atoms with Gasteiger partial charge in [0, 0.05) is 37.5 Å². The Hall–Kier alpha value is -3.64. The fraction of sp³-hybridized carbons (Fsp3) is 0.469. The number of ether oxygens (including phenoxy) is 5. The van der Waals surface area contributed by atoms with Crippen molar-refractivity contribution in [1.82, 2.24) is 14.9 Å². The molecule has 11 nitrogen and oxygen atoms in total. The third-order valence-corrected chi connectivity index (χ3v) is 7.65. The third kappa shape index (κ3) is 9.43. The van der Waals surface area contributed by atoms with Gasteiger partial charge in [0.2, 0.25) is 5.88 Å². The number of aryl methyl sites for hydroxylation is 1. The highest BCUT2D eigenvalue weighted by atomic mass is 35.5. The maximum Gasteiger partial charge on any atom is 0.407 e. The fourth-order valence-corrected chi connectivity index (χ4v) is 5.42. The molecule has 2 unspecified atom stereocenters. The van der Waals surface area contributed by atoms with Gasteiger partial charge in [-0.15, -0.1) is 0 Å². The van der Waals surface area contributed by atoms with Gasteiger partial charge >= 0.3 is 6.09 Å². The Morgan fingerprint density at radius 1 is 1.05 bits per heavy atom. The number of para-hydroxylation sites is 1. The first kappa shape index (κ1) is 33.3. The van der Waals surface area contributed by atoms with Crippen molar-refractivity contribution in [3.05, 3.63) is 76.2 Å². The Labute approximate surface area is 262 Å². The van der Waals surface area contributed by atoms with Crippen LogP contribution in [0.15, 0.2) is 48.5 Å². The maximum absolute atomic E-state index is 11.7. The van der Waals surface area contributed by atoms with Crippen LogP contribution < -0.4 is 14.2 Å². The van der Waals surface area contributed by atoms with E-state index in [1.54, 1.807) is 14.0 Å². The topological polar surface area (TPSA) is 133 Å². The summed E-state index contributed by atoms with van der Waals surface area (Å²) in [6.45, 7) is 4.23. The number of hydrogen-bond acceptors (Lipinski definition) is 9. The van der Waals surface area contributed by atoms with Crippen LogP contribution in [-0.2, 0) is 22.5 Å². The molecule has 2 N–H and O–H groups in total. The molecule has 0 aliphatic carbocycles. The van der Waals surface area contributed by atoms with Gasteiger partial charge in [-0.2, -0.15) is 4.98 Å². The molecule has 3 aromatic rings. The summed E-state index contributed by atoms with van der Waals surface area (Å²) in [7, 11) is 1.65. The van der Waals surface area contributed by atoms with Crippen LogP contribution in [0.1, 0.15) is 41.3 Å². The van der Waals surface area contributed by atoms with Crippen LogP contribution in [0.5, 0.6) is 17.4 Å². The smallest absolute Gasteiger partial charge is 0.407 e. The van der Waals surface area contributed by atoms with Crippen molar-refractivity contribution < 1.29 is 38.7 Å². The van der Waals surface area contributed by atoms with Crippen molar-refractivity contribution in [2.24, 2.45) is 0 Å². The number of amides is 1. The van der Waals surface area contributed by atoms with E-state index in [2.05, 4.69) is 9.97 Å². The Bertz CT molecular complexity index is 1340. The van der Waals surface area contributed by atoms with Crippen LogP contribution in [0.2, 0.25) is 5.15 Å². The fourth-order valence-electron chi connectivity index (χ4n) is 5.12. The van der Waals surface area contributed by atoms with Gasteiger partial charge in [-0.3, -0.25) is 0 Å². The maximum atomic E-state index is 11.7. The van der Waals surface area contributed by atoms with E-state index in [1.165, 1.54) is 4.90 Å². The van der Waals surface area contributed by atoms with Crippen LogP contribution in [0.25, 0.3) is 0 Å². The zero-order chi connectivity index (χ0) is 31.3. The average molecular weight is 630 g/mol. The Balaban J connectivity index is 1.26. The molecule has 0 radical (unpaired) electrons. The predicted molar refractivity (Wildman–Crippen MR) is 164 cm³/mol. The van der Waals surface area contributed by atoms with E-state index >= 15 is 0 Å². The molecule has 1 aromatic heterocycles. The second kappa shape index (κ2) is 17.0. The molecule has 0 saturated carbocycles. The second-order valence-corrected chi connectivity index (χ2v) is 10.7. The molecule has 2 aromatic carbocycles. The molecule has 0 bridgehead atoms. The predicted octanol–water partition coefficient (Wildman–Crippen LogP) is 4.90. The molecule has 4 rings (SSSR count). The van der Waals surface area contributed by atoms with Crippen molar-refractivity contribution in [1.29, 1.82) is 0 Å². The summed E-state index contributed by atoms with van der Waals surface area (Å²) in [5.41, 5.74) is 2.60. The number of aliphatic hydroxyl groups is 1. The van der Waals surface area contributed by atoms with Gasteiger partial charge in [0.05, 0.1) is 51.7 Å². The summed E-state index contributed by atoms with van der Waals surface area (Å²) < 4.78 is 29.1. The summed E-state index contributed by atoms with van der Waals surface area (Å²) in [5.74, 6) is 2.34. The number of nitrogens with zero attached hydrogens (tertiary/aromatic N) is 3. The van der Waals surface area contributed by atoms with Crippen LogP contribution in [0.3, 0.4) is 0 Å². The number of aliphatic hydroxyl groups excluding tert-OH is 1. The lowest BCUT2D eigenvalue weighted by atomic mass is 9.87. The van der Waals surface area contributed by atoms with E-state index < -0.39 is 6.09 Å². The SMILES string of the molecule is COc1ccccc1COCCCOc1ccc(C2CCN(C(=O)O)CC2OCCOc2nc(C)nc(Cl)c2CCO)cc1. The van der Waals surface area contributed by atoms with Crippen molar-refractivity contribution in [2.45, 2.75) is 44.8 Å². The lowest BCUT2D eigenvalue weighted by Crippen LogP contribution is -2.46. The minimum Gasteiger partial charge on any atom is -0.496 e. The standard InChI is InChI=1S/C32H40ClN3O8/c1-22-34-30(33)27(13-15-37)31(35-22)44-19-18-43-29-20-36(32(38)39)14-12-26(29)23-8-10-25(11-9-23)42-17-5-16-41-21-24-6-3-4-7-28(24)40-2/h3-4,6-11,26,29,37H,5,12-21H2,1-2H3,(H,38,39). The molecular weight excluding hydrogens is 590 g/mol. The van der Waals surface area contributed by atoms with Crippen molar-refractivity contribution in [3.8, 4) is 17.4 Å². The molecule has 1 aliphatic heterocycles. The van der Waals surface area contributed by atoms with Gasteiger partial charge < -0.3 is 38.8 Å². The molecule has 2 atom stereocenters. The third-order valence-electron chi connectivity index (χ3n) is 7.34. The lowest BCUT2D eigenvalue weighted by molar-refractivity contribution is -0.0211. The van der Waals surface area contributed by atoms with Crippen LogP contribution in [0.4, 0.5) is 4.79 Å². The van der Waals surface area contributed by atoms with Crippen molar-refractivity contribution >= 4 is 17.7 Å². The average Bonchev–Trinajstić information content (AvgIpc) is 3.03. The number of aromatic nitrogens is 2. The van der Waals surface area contributed by atoms with E-state index in [4.69, 9.17) is 35.3 Å². The first-order valence-corrected chi connectivity index (χ1v) is 15.1. The monoisotopic (exact) mass is 629 g/mol. The number of carboxylic acid groups (broad SMARTS) is 1. The first-order valence-electron chi connectivity index (χ1n) is 14.7. The van der Waals surface area contributed by atoms with E-state index in [-0.39, 0.29) is 50.0 Å². The molecule has 238 valence electrons. The zero-order valence-corrected chi connectivity index (χ0v) is 25.9. The summed E-state index contributed by atoms with van der Waals surface area (Å²) in [6.07, 6.45) is 0.311. The van der Waals surface area contributed by atoms with E-state index in [1.807, 2.05) is 48.5 Å². The van der Waals surface area contributed by atoms with Gasteiger partial charge in [0.15, 0.2) is 0 Å². The van der Waals surface area contributed by atoms with Crippen LogP contribution in [0, 0.1) is 6.92 Å². The molecule has 12 heteroatoms. The number of hydrogen-bond donors (Lipinski definition) is 2. The summed E-state index contributed by atoms with van der Waals surface area (Å²) in [5, 5.41) is 19.2. The molecule has 2 heterocycles. The minimum absolute atomic E-state index is 0.00344. The zero-order valence-electron chi connectivity index (χ0n) is 25.1. The molecule has 1 amide bonds. The molecule has 1 saturated heterocycles. The van der Waals surface area contributed by atoms with Gasteiger partial charge in [-0.1, -0.05) is 41.9 Å². The van der Waals surface area contributed by atoms with E-state index in [9.17, 15) is 15.0 Å².